The van der Waals surface area contributed by atoms with Crippen LogP contribution in [0, 0.1) is 0 Å². The zero-order chi connectivity index (χ0) is 15.5. The number of nitrogens with one attached hydrogen (secondary N) is 2. The Morgan fingerprint density at radius 3 is 2.50 bits per heavy atom. The Morgan fingerprint density at radius 2 is 1.68 bits per heavy atom. The molecule has 0 aliphatic heterocycles. The summed E-state index contributed by atoms with van der Waals surface area (Å²) in [6, 6.07) is 14.0. The lowest BCUT2D eigenvalue weighted by Gasteiger charge is -2.09. The van der Waals surface area contributed by atoms with Gasteiger partial charge in [0, 0.05) is 11.1 Å². The Kier molecular flexibility index (Phi) is 4.13. The van der Waals surface area contributed by atoms with E-state index in [9.17, 15) is 4.79 Å². The van der Waals surface area contributed by atoms with Crippen LogP contribution in [0.5, 0.6) is 0 Å². The number of halogens is 2. The van der Waals surface area contributed by atoms with Gasteiger partial charge in [-0.25, -0.2) is 4.79 Å². The number of hydrogen-bond donors (Lipinski definition) is 2. The Hall–Kier alpha value is -2.30. The summed E-state index contributed by atoms with van der Waals surface area (Å²) in [5, 5.41) is 7.18. The Morgan fingerprint density at radius 1 is 0.909 bits per heavy atom. The van der Waals surface area contributed by atoms with Crippen molar-refractivity contribution < 1.29 is 4.79 Å². The maximum atomic E-state index is 12.0. The van der Waals surface area contributed by atoms with Crippen molar-refractivity contribution in [2.75, 3.05) is 10.6 Å². The molecule has 0 saturated carbocycles. The van der Waals surface area contributed by atoms with Gasteiger partial charge in [-0.3, -0.25) is 4.98 Å². The maximum Gasteiger partial charge on any atom is 0.323 e. The number of hydrogen-bond acceptors (Lipinski definition) is 2. The second kappa shape index (κ2) is 6.22. The number of anilines is 2. The molecule has 0 aliphatic carbocycles. The predicted octanol–water partition coefficient (Wildman–Crippen LogP) is 5.19. The highest BCUT2D eigenvalue weighted by Gasteiger charge is 2.06. The number of carbonyl (C=O) groups excluding carboxylic acids is 1. The number of carbonyl (C=O) groups is 1. The van der Waals surface area contributed by atoms with E-state index in [-0.39, 0.29) is 6.03 Å². The normalized spacial score (nSPS) is 10.5. The quantitative estimate of drug-likeness (QED) is 0.679. The first-order valence-corrected chi connectivity index (χ1v) is 7.25. The molecule has 0 aliphatic rings. The molecular weight excluding hydrogens is 321 g/mol. The average Bonchev–Trinajstić information content (AvgIpc) is 2.51. The smallest absolute Gasteiger partial charge is 0.308 e. The van der Waals surface area contributed by atoms with Crippen LogP contribution in [0.25, 0.3) is 10.9 Å². The fourth-order valence-electron chi connectivity index (χ4n) is 2.01. The summed E-state index contributed by atoms with van der Waals surface area (Å²) in [5.74, 6) is 0. The van der Waals surface area contributed by atoms with Crippen molar-refractivity contribution in [1.82, 2.24) is 4.98 Å². The number of nitrogens with zero attached hydrogens (tertiary/aromatic N) is 1. The third-order valence-corrected chi connectivity index (χ3v) is 3.76. The minimum absolute atomic E-state index is 0.379. The lowest BCUT2D eigenvalue weighted by atomic mass is 10.2. The van der Waals surface area contributed by atoms with Crippen molar-refractivity contribution in [3.05, 3.63) is 64.8 Å². The molecule has 2 amide bonds. The van der Waals surface area contributed by atoms with Gasteiger partial charge in [0.1, 0.15) is 0 Å². The van der Waals surface area contributed by atoms with Crippen LogP contribution in [0.15, 0.2) is 54.7 Å². The van der Waals surface area contributed by atoms with E-state index in [1.54, 1.807) is 24.4 Å². The predicted molar refractivity (Wildman–Crippen MR) is 90.8 cm³/mol. The number of amides is 2. The van der Waals surface area contributed by atoms with E-state index in [0.29, 0.717) is 21.4 Å². The SMILES string of the molecule is O=C(Nc1ccc(Cl)c(Cl)c1)Nc1cnc2ccccc2c1. The molecule has 0 spiro atoms. The maximum absolute atomic E-state index is 12.0. The molecule has 0 bridgehead atoms. The van der Waals surface area contributed by atoms with Gasteiger partial charge in [-0.15, -0.1) is 0 Å². The van der Waals surface area contributed by atoms with Crippen molar-refractivity contribution in [2.45, 2.75) is 0 Å². The van der Waals surface area contributed by atoms with Crippen molar-refractivity contribution >= 4 is 51.5 Å². The molecule has 0 atom stereocenters. The van der Waals surface area contributed by atoms with Crippen molar-refractivity contribution in [1.29, 1.82) is 0 Å². The lowest BCUT2D eigenvalue weighted by molar-refractivity contribution is 0.262. The summed E-state index contributed by atoms with van der Waals surface area (Å²) in [5.41, 5.74) is 2.04. The van der Waals surface area contributed by atoms with Gasteiger partial charge in [0.15, 0.2) is 0 Å². The third kappa shape index (κ3) is 3.30. The van der Waals surface area contributed by atoms with E-state index < -0.39 is 0 Å². The van der Waals surface area contributed by atoms with Gasteiger partial charge in [-0.1, -0.05) is 41.4 Å². The molecule has 4 nitrogen and oxygen atoms in total. The first-order valence-electron chi connectivity index (χ1n) is 6.50. The van der Waals surface area contributed by atoms with Gasteiger partial charge in [0.2, 0.25) is 0 Å². The molecule has 1 aromatic heterocycles. The van der Waals surface area contributed by atoms with E-state index in [0.717, 1.165) is 10.9 Å². The second-order valence-corrected chi connectivity index (χ2v) is 5.44. The fourth-order valence-corrected chi connectivity index (χ4v) is 2.30. The molecule has 1 heterocycles. The van der Waals surface area contributed by atoms with E-state index in [4.69, 9.17) is 23.2 Å². The zero-order valence-corrected chi connectivity index (χ0v) is 12.8. The standard InChI is InChI=1S/C16H11Cl2N3O/c17-13-6-5-11(8-14(13)18)20-16(22)21-12-7-10-3-1-2-4-15(10)19-9-12/h1-9H,(H2,20,21,22). The minimum atomic E-state index is -0.379. The monoisotopic (exact) mass is 331 g/mol. The Bertz CT molecular complexity index is 852. The molecule has 22 heavy (non-hydrogen) atoms. The molecule has 0 fully saturated rings. The van der Waals surface area contributed by atoms with Crippen LogP contribution < -0.4 is 10.6 Å². The van der Waals surface area contributed by atoms with E-state index in [2.05, 4.69) is 15.6 Å². The van der Waals surface area contributed by atoms with Gasteiger partial charge in [-0.05, 0) is 30.3 Å². The van der Waals surface area contributed by atoms with Crippen LogP contribution in [-0.4, -0.2) is 11.0 Å². The van der Waals surface area contributed by atoms with Gasteiger partial charge < -0.3 is 10.6 Å². The summed E-state index contributed by atoms with van der Waals surface area (Å²) in [4.78, 5) is 16.3. The number of benzene rings is 2. The summed E-state index contributed by atoms with van der Waals surface area (Å²) < 4.78 is 0. The molecule has 6 heteroatoms. The van der Waals surface area contributed by atoms with Crippen LogP contribution in [0.2, 0.25) is 10.0 Å². The number of fused-ring (bicyclic) bond motifs is 1. The third-order valence-electron chi connectivity index (χ3n) is 3.03. The highest BCUT2D eigenvalue weighted by molar-refractivity contribution is 6.42. The Labute approximate surface area is 137 Å². The molecule has 2 aromatic carbocycles. The summed E-state index contributed by atoms with van der Waals surface area (Å²) in [7, 11) is 0. The highest BCUT2D eigenvalue weighted by Crippen LogP contribution is 2.25. The highest BCUT2D eigenvalue weighted by atomic mass is 35.5. The Balaban J connectivity index is 1.73. The molecular formula is C16H11Cl2N3O. The van der Waals surface area contributed by atoms with Gasteiger partial charge >= 0.3 is 6.03 Å². The first kappa shape index (κ1) is 14.6. The zero-order valence-electron chi connectivity index (χ0n) is 11.3. The largest absolute Gasteiger partial charge is 0.323 e. The van der Waals surface area contributed by atoms with Gasteiger partial charge in [-0.2, -0.15) is 0 Å². The molecule has 110 valence electrons. The molecule has 0 radical (unpaired) electrons. The molecule has 2 N–H and O–H groups in total. The van der Waals surface area contributed by atoms with Crippen molar-refractivity contribution in [3.63, 3.8) is 0 Å². The van der Waals surface area contributed by atoms with E-state index >= 15 is 0 Å². The van der Waals surface area contributed by atoms with E-state index in [1.807, 2.05) is 30.3 Å². The lowest BCUT2D eigenvalue weighted by Crippen LogP contribution is -2.19. The molecule has 3 aromatic rings. The molecule has 0 unspecified atom stereocenters. The van der Waals surface area contributed by atoms with E-state index in [1.165, 1.54) is 0 Å². The average molecular weight is 332 g/mol. The van der Waals surface area contributed by atoms with Gasteiger partial charge in [0.25, 0.3) is 0 Å². The van der Waals surface area contributed by atoms with Crippen LogP contribution in [0.3, 0.4) is 0 Å². The van der Waals surface area contributed by atoms with Crippen molar-refractivity contribution in [3.8, 4) is 0 Å². The fraction of sp³-hybridized carbons (Fsp3) is 0. The van der Waals surface area contributed by atoms with Crippen LogP contribution in [0.4, 0.5) is 16.2 Å². The summed E-state index contributed by atoms with van der Waals surface area (Å²) >= 11 is 11.7. The summed E-state index contributed by atoms with van der Waals surface area (Å²) in [6.07, 6.45) is 1.61. The van der Waals surface area contributed by atoms with Crippen LogP contribution in [-0.2, 0) is 0 Å². The molecule has 0 saturated heterocycles. The van der Waals surface area contributed by atoms with Gasteiger partial charge in [0.05, 0.1) is 27.4 Å². The number of aromatic nitrogens is 1. The summed E-state index contributed by atoms with van der Waals surface area (Å²) in [6.45, 7) is 0. The first-order chi connectivity index (χ1) is 10.6. The number of rotatable bonds is 2. The van der Waals surface area contributed by atoms with Crippen molar-refractivity contribution in [2.24, 2.45) is 0 Å². The van der Waals surface area contributed by atoms with Crippen LogP contribution >= 0.6 is 23.2 Å². The molecule has 3 rings (SSSR count). The second-order valence-electron chi connectivity index (χ2n) is 4.62. The van der Waals surface area contributed by atoms with Crippen LogP contribution in [0.1, 0.15) is 0 Å². The number of pyridine rings is 1. The topological polar surface area (TPSA) is 54.0 Å². The number of para-hydroxylation sites is 1. The minimum Gasteiger partial charge on any atom is -0.308 e. The number of urea groups is 1.